The monoisotopic (exact) mass is 384 g/mol. The van der Waals surface area contributed by atoms with Crippen LogP contribution < -0.4 is 14.8 Å². The summed E-state index contributed by atoms with van der Waals surface area (Å²) in [7, 11) is -2.41. The maximum atomic E-state index is 12.7. The Morgan fingerprint density at radius 2 is 1.88 bits per heavy atom. The van der Waals surface area contributed by atoms with Gasteiger partial charge in [-0.05, 0) is 52.3 Å². The Bertz CT molecular complexity index is 709. The molecule has 0 aliphatic carbocycles. The summed E-state index contributed by atoms with van der Waals surface area (Å²) < 4.78 is 33.1. The van der Waals surface area contributed by atoms with Crippen LogP contribution in [0.5, 0.6) is 5.75 Å². The number of unbranched alkanes of at least 4 members (excludes halogenated alkanes) is 2. The van der Waals surface area contributed by atoms with Crippen LogP contribution in [0.2, 0.25) is 0 Å². The molecule has 0 aliphatic rings. The van der Waals surface area contributed by atoms with Crippen LogP contribution in [0, 0.1) is 0 Å². The van der Waals surface area contributed by atoms with Crippen LogP contribution in [0.25, 0.3) is 0 Å². The summed E-state index contributed by atoms with van der Waals surface area (Å²) in [5, 5.41) is 2.92. The number of methoxy groups -OCH3 is 1. The molecule has 148 valence electrons. The van der Waals surface area contributed by atoms with Gasteiger partial charge >= 0.3 is 0 Å². The minimum absolute atomic E-state index is 0.0314. The van der Waals surface area contributed by atoms with Crippen molar-refractivity contribution in [1.29, 1.82) is 0 Å². The first-order chi connectivity index (χ1) is 12.0. The summed E-state index contributed by atoms with van der Waals surface area (Å²) in [6, 6.07) is 4.47. The predicted molar refractivity (Wildman–Crippen MR) is 104 cm³/mol. The fraction of sp³-hybridized carbons (Fsp3) is 0.632. The summed E-state index contributed by atoms with van der Waals surface area (Å²) in [5.74, 6) is -0.0850. The molecule has 0 saturated carbocycles. The van der Waals surface area contributed by atoms with Gasteiger partial charge in [-0.2, -0.15) is 0 Å². The first kappa shape index (κ1) is 22.4. The van der Waals surface area contributed by atoms with Gasteiger partial charge in [-0.25, -0.2) is 13.1 Å². The van der Waals surface area contributed by atoms with E-state index in [-0.39, 0.29) is 22.6 Å². The van der Waals surface area contributed by atoms with Gasteiger partial charge in [0.25, 0.3) is 5.91 Å². The number of hydrogen-bond acceptors (Lipinski definition) is 4. The highest BCUT2D eigenvalue weighted by molar-refractivity contribution is 7.89. The van der Waals surface area contributed by atoms with E-state index in [2.05, 4.69) is 17.0 Å². The normalized spacial score (nSPS) is 13.3. The molecule has 2 N–H and O–H groups in total. The second-order valence-electron chi connectivity index (χ2n) is 7.59. The number of benzene rings is 1. The molecule has 26 heavy (non-hydrogen) atoms. The number of amides is 1. The maximum absolute atomic E-state index is 12.7. The molecule has 0 bridgehead atoms. The van der Waals surface area contributed by atoms with Crippen molar-refractivity contribution in [2.24, 2.45) is 0 Å². The third-order valence-electron chi connectivity index (χ3n) is 3.77. The summed E-state index contributed by atoms with van der Waals surface area (Å²) >= 11 is 0. The summed E-state index contributed by atoms with van der Waals surface area (Å²) in [6.07, 6.45) is 4.20. The molecular weight excluding hydrogens is 352 g/mol. The first-order valence-corrected chi connectivity index (χ1v) is 10.5. The molecule has 1 rings (SSSR count). The van der Waals surface area contributed by atoms with Crippen LogP contribution in [0.15, 0.2) is 23.1 Å². The lowest BCUT2D eigenvalue weighted by Gasteiger charge is -2.21. The Balaban J connectivity index is 3.04. The molecule has 0 heterocycles. The van der Waals surface area contributed by atoms with E-state index in [1.54, 1.807) is 26.8 Å². The van der Waals surface area contributed by atoms with Gasteiger partial charge in [0.15, 0.2) is 0 Å². The first-order valence-electron chi connectivity index (χ1n) is 9.03. The van der Waals surface area contributed by atoms with Gasteiger partial charge in [-0.3, -0.25) is 4.79 Å². The van der Waals surface area contributed by atoms with Crippen molar-refractivity contribution in [2.45, 2.75) is 76.8 Å². The fourth-order valence-corrected chi connectivity index (χ4v) is 4.18. The number of ether oxygens (including phenoxy) is 1. The molecule has 0 radical (unpaired) electrons. The number of nitrogens with one attached hydrogen (secondary N) is 2. The minimum atomic E-state index is -3.82. The number of carbonyl (C=O) groups is 1. The number of rotatable bonds is 9. The molecule has 0 saturated heterocycles. The summed E-state index contributed by atoms with van der Waals surface area (Å²) in [6.45, 7) is 9.35. The van der Waals surface area contributed by atoms with E-state index < -0.39 is 15.6 Å². The Morgan fingerprint density at radius 3 is 2.42 bits per heavy atom. The molecule has 1 aromatic rings. The SMILES string of the molecule is CCCCCC(C)NC(=O)c1ccc(OC)c(S(=O)(=O)NC(C)(C)C)c1. The van der Waals surface area contributed by atoms with Crippen LogP contribution in [-0.4, -0.2) is 33.0 Å². The molecule has 1 amide bonds. The van der Waals surface area contributed by atoms with E-state index in [1.807, 2.05) is 6.92 Å². The lowest BCUT2D eigenvalue weighted by atomic mass is 10.1. The van der Waals surface area contributed by atoms with Gasteiger partial charge in [0.1, 0.15) is 10.6 Å². The Labute approximate surface area is 157 Å². The molecule has 7 heteroatoms. The highest BCUT2D eigenvalue weighted by Crippen LogP contribution is 2.26. The third kappa shape index (κ3) is 6.96. The van der Waals surface area contributed by atoms with Crippen LogP contribution in [0.4, 0.5) is 0 Å². The van der Waals surface area contributed by atoms with Crippen molar-refractivity contribution in [3.8, 4) is 5.75 Å². The zero-order valence-electron chi connectivity index (χ0n) is 16.7. The zero-order valence-corrected chi connectivity index (χ0v) is 17.5. The highest BCUT2D eigenvalue weighted by Gasteiger charge is 2.26. The van der Waals surface area contributed by atoms with E-state index in [9.17, 15) is 13.2 Å². The van der Waals surface area contributed by atoms with Gasteiger partial charge < -0.3 is 10.1 Å². The molecule has 1 unspecified atom stereocenters. The van der Waals surface area contributed by atoms with Crippen LogP contribution in [-0.2, 0) is 10.0 Å². The van der Waals surface area contributed by atoms with E-state index >= 15 is 0 Å². The summed E-state index contributed by atoms with van der Waals surface area (Å²) in [5.41, 5.74) is -0.349. The smallest absolute Gasteiger partial charge is 0.251 e. The molecule has 0 spiro atoms. The lowest BCUT2D eigenvalue weighted by molar-refractivity contribution is 0.0937. The number of carbonyl (C=O) groups excluding carboxylic acids is 1. The van der Waals surface area contributed by atoms with Gasteiger partial charge in [-0.1, -0.05) is 26.2 Å². The molecule has 0 aromatic heterocycles. The van der Waals surface area contributed by atoms with Gasteiger partial charge in [0.05, 0.1) is 7.11 Å². The second kappa shape index (κ2) is 9.37. The second-order valence-corrected chi connectivity index (χ2v) is 9.24. The maximum Gasteiger partial charge on any atom is 0.251 e. The Kier molecular flexibility index (Phi) is 8.09. The average molecular weight is 385 g/mol. The van der Waals surface area contributed by atoms with Gasteiger partial charge in [0.2, 0.25) is 10.0 Å². The quantitative estimate of drug-likeness (QED) is 0.639. The third-order valence-corrected chi connectivity index (χ3v) is 5.55. The largest absolute Gasteiger partial charge is 0.495 e. The van der Waals surface area contributed by atoms with Crippen molar-refractivity contribution in [3.63, 3.8) is 0 Å². The molecular formula is C19H32N2O4S. The molecule has 6 nitrogen and oxygen atoms in total. The average Bonchev–Trinajstić information content (AvgIpc) is 2.52. The van der Waals surface area contributed by atoms with Crippen LogP contribution in [0.1, 0.15) is 70.7 Å². The number of sulfonamides is 1. The zero-order chi connectivity index (χ0) is 20.0. The lowest BCUT2D eigenvalue weighted by Crippen LogP contribution is -2.40. The van der Waals surface area contributed by atoms with Crippen molar-refractivity contribution < 1.29 is 17.9 Å². The topological polar surface area (TPSA) is 84.5 Å². The Morgan fingerprint density at radius 1 is 1.23 bits per heavy atom. The van der Waals surface area contributed by atoms with Crippen molar-refractivity contribution >= 4 is 15.9 Å². The predicted octanol–water partition coefficient (Wildman–Crippen LogP) is 3.47. The highest BCUT2D eigenvalue weighted by atomic mass is 32.2. The van der Waals surface area contributed by atoms with Gasteiger partial charge in [0, 0.05) is 17.1 Å². The van der Waals surface area contributed by atoms with E-state index in [1.165, 1.54) is 19.2 Å². The van der Waals surface area contributed by atoms with E-state index in [0.29, 0.717) is 5.56 Å². The van der Waals surface area contributed by atoms with Crippen molar-refractivity contribution in [1.82, 2.24) is 10.0 Å². The van der Waals surface area contributed by atoms with Crippen LogP contribution in [0.3, 0.4) is 0 Å². The fourth-order valence-electron chi connectivity index (χ4n) is 2.57. The molecule has 1 atom stereocenters. The van der Waals surface area contributed by atoms with E-state index in [4.69, 9.17) is 4.74 Å². The van der Waals surface area contributed by atoms with Crippen LogP contribution >= 0.6 is 0 Å². The molecule has 0 aliphatic heterocycles. The Hall–Kier alpha value is -1.60. The molecule has 1 aromatic carbocycles. The molecule has 0 fully saturated rings. The number of hydrogen-bond donors (Lipinski definition) is 2. The van der Waals surface area contributed by atoms with Gasteiger partial charge in [-0.15, -0.1) is 0 Å². The minimum Gasteiger partial charge on any atom is -0.495 e. The van der Waals surface area contributed by atoms with E-state index in [0.717, 1.165) is 25.7 Å². The standard InChI is InChI=1S/C19H32N2O4S/c1-7-8-9-10-14(2)20-18(22)15-11-12-16(25-6)17(13-15)26(23,24)21-19(3,4)5/h11-14,21H,7-10H2,1-6H3,(H,20,22). The van der Waals surface area contributed by atoms with Crippen molar-refractivity contribution in [2.75, 3.05) is 7.11 Å². The summed E-state index contributed by atoms with van der Waals surface area (Å²) in [4.78, 5) is 12.4. The van der Waals surface area contributed by atoms with Crippen molar-refractivity contribution in [3.05, 3.63) is 23.8 Å².